The molecule has 0 radical (unpaired) electrons. The van der Waals surface area contributed by atoms with Gasteiger partial charge in [0.05, 0.1) is 22.6 Å². The number of nitrogens with one attached hydrogen (secondary N) is 1. The van der Waals surface area contributed by atoms with Gasteiger partial charge in [-0.25, -0.2) is 4.79 Å². The summed E-state index contributed by atoms with van der Waals surface area (Å²) in [7, 11) is 1.73. The van der Waals surface area contributed by atoms with Crippen LogP contribution in [0.3, 0.4) is 0 Å². The fourth-order valence-corrected chi connectivity index (χ4v) is 6.79. The summed E-state index contributed by atoms with van der Waals surface area (Å²) in [6.45, 7) is 6.69. The number of halogens is 1. The van der Waals surface area contributed by atoms with E-state index in [1.54, 1.807) is 12.0 Å². The number of fused-ring (bicyclic) bond motifs is 1. The second-order valence-electron chi connectivity index (χ2n) is 12.2. The summed E-state index contributed by atoms with van der Waals surface area (Å²) in [4.78, 5) is 26.8. The van der Waals surface area contributed by atoms with Gasteiger partial charge in [0.1, 0.15) is 0 Å². The van der Waals surface area contributed by atoms with E-state index in [2.05, 4.69) is 38.2 Å². The molecule has 4 aliphatic carbocycles. The molecule has 7 heteroatoms. The quantitative estimate of drug-likeness (QED) is 0.546. The summed E-state index contributed by atoms with van der Waals surface area (Å²) in [5.41, 5.74) is 1.87. The van der Waals surface area contributed by atoms with Crippen LogP contribution in [0.25, 0.3) is 0 Å². The number of urea groups is 1. The molecule has 2 N–H and O–H groups in total. The monoisotopic (exact) mass is 486 g/mol. The summed E-state index contributed by atoms with van der Waals surface area (Å²) >= 11 is 6.76. The zero-order chi connectivity index (χ0) is 24.5. The number of carbonyl (C=O) groups is 2. The predicted molar refractivity (Wildman–Crippen MR) is 131 cm³/mol. The Morgan fingerprint density at radius 3 is 2.59 bits per heavy atom. The lowest BCUT2D eigenvalue weighted by atomic mass is 9.38. The summed E-state index contributed by atoms with van der Waals surface area (Å²) in [5.74, 6) is -0.743. The zero-order valence-electron chi connectivity index (χ0n) is 20.5. The maximum atomic E-state index is 13.4. The number of aliphatic carboxylic acids is 1. The number of nitrogens with zero attached hydrogens (tertiary/aromatic N) is 1. The molecule has 1 aromatic carbocycles. The Hall–Kier alpha value is -2.05. The number of rotatable bonds is 6. The van der Waals surface area contributed by atoms with Crippen LogP contribution in [-0.2, 0) is 21.5 Å². The van der Waals surface area contributed by atoms with Crippen LogP contribution in [0, 0.1) is 10.8 Å². The molecule has 0 aromatic heterocycles. The van der Waals surface area contributed by atoms with E-state index in [1.165, 1.54) is 0 Å². The Balaban J connectivity index is 1.46. The molecule has 2 amide bonds. The Labute approximate surface area is 206 Å². The van der Waals surface area contributed by atoms with Gasteiger partial charge in [0, 0.05) is 18.3 Å². The van der Waals surface area contributed by atoms with Gasteiger partial charge >= 0.3 is 12.0 Å². The normalized spacial score (nSPS) is 34.4. The SMILES string of the molecule is COC1CC[C@@]2(c3ccc(CCC(C)(C)C)c(Cl)c3)NC(=O)N(C34CC(C(=O)O)(C3)C4)C=C2C1. The van der Waals surface area contributed by atoms with Crippen molar-refractivity contribution >= 4 is 23.6 Å². The molecule has 5 aliphatic rings. The highest BCUT2D eigenvalue weighted by Crippen LogP contribution is 2.70. The summed E-state index contributed by atoms with van der Waals surface area (Å²) in [5, 5.41) is 13.6. The number of aryl methyl sites for hydroxylation is 1. The zero-order valence-corrected chi connectivity index (χ0v) is 21.3. The minimum absolute atomic E-state index is 0.0937. The molecule has 1 unspecified atom stereocenters. The summed E-state index contributed by atoms with van der Waals surface area (Å²) in [6.07, 6.45) is 7.93. The fraction of sp³-hybridized carbons (Fsp3) is 0.630. The fourth-order valence-electron chi connectivity index (χ4n) is 6.52. The van der Waals surface area contributed by atoms with Gasteiger partial charge in [0.2, 0.25) is 0 Å². The highest BCUT2D eigenvalue weighted by Gasteiger charge is 2.75. The van der Waals surface area contributed by atoms with Crippen molar-refractivity contribution in [3.63, 3.8) is 0 Å². The lowest BCUT2D eigenvalue weighted by Crippen LogP contribution is -2.78. The molecule has 34 heavy (non-hydrogen) atoms. The Bertz CT molecular complexity index is 1060. The number of carboxylic acid groups (broad SMARTS) is 1. The molecule has 6 rings (SSSR count). The molecule has 1 heterocycles. The van der Waals surface area contributed by atoms with E-state index >= 15 is 0 Å². The number of ether oxygens (including phenoxy) is 1. The molecule has 4 fully saturated rings. The van der Waals surface area contributed by atoms with E-state index < -0.39 is 16.9 Å². The van der Waals surface area contributed by atoms with Crippen LogP contribution in [0.4, 0.5) is 4.79 Å². The Morgan fingerprint density at radius 1 is 1.29 bits per heavy atom. The molecule has 184 valence electrons. The number of carboxylic acids is 1. The van der Waals surface area contributed by atoms with Crippen molar-refractivity contribution in [2.45, 2.75) is 89.3 Å². The van der Waals surface area contributed by atoms with Crippen molar-refractivity contribution in [1.29, 1.82) is 0 Å². The first-order valence-corrected chi connectivity index (χ1v) is 12.7. The highest BCUT2D eigenvalue weighted by molar-refractivity contribution is 6.31. The van der Waals surface area contributed by atoms with Gasteiger partial charge in [0.15, 0.2) is 0 Å². The maximum absolute atomic E-state index is 13.4. The second-order valence-corrected chi connectivity index (χ2v) is 12.6. The van der Waals surface area contributed by atoms with Crippen LogP contribution in [0.5, 0.6) is 0 Å². The molecule has 1 aliphatic heterocycles. The van der Waals surface area contributed by atoms with E-state index in [9.17, 15) is 14.7 Å². The lowest BCUT2D eigenvalue weighted by molar-refractivity contribution is -0.215. The average Bonchev–Trinajstić information content (AvgIpc) is 2.70. The van der Waals surface area contributed by atoms with Gasteiger partial charge in [-0.1, -0.05) is 44.5 Å². The van der Waals surface area contributed by atoms with E-state index in [0.717, 1.165) is 53.8 Å². The van der Waals surface area contributed by atoms with E-state index in [4.69, 9.17) is 16.3 Å². The number of carbonyl (C=O) groups excluding carboxylic acids is 1. The first kappa shape index (κ1) is 23.7. The minimum atomic E-state index is -0.743. The number of methoxy groups -OCH3 is 1. The molecular weight excluding hydrogens is 452 g/mol. The Morgan fingerprint density at radius 2 is 2.00 bits per heavy atom. The van der Waals surface area contributed by atoms with Gasteiger partial charge in [-0.3, -0.25) is 9.69 Å². The van der Waals surface area contributed by atoms with Crippen LogP contribution < -0.4 is 5.32 Å². The largest absolute Gasteiger partial charge is 0.481 e. The van der Waals surface area contributed by atoms with Crippen LogP contribution in [0.15, 0.2) is 30.0 Å². The van der Waals surface area contributed by atoms with Gasteiger partial charge in [-0.05, 0) is 79.5 Å². The van der Waals surface area contributed by atoms with E-state index in [-0.39, 0.29) is 23.1 Å². The molecule has 2 atom stereocenters. The van der Waals surface area contributed by atoms with Gasteiger partial charge in [-0.2, -0.15) is 0 Å². The predicted octanol–water partition coefficient (Wildman–Crippen LogP) is 5.63. The first-order chi connectivity index (χ1) is 15.9. The van der Waals surface area contributed by atoms with Crippen molar-refractivity contribution in [2.24, 2.45) is 10.8 Å². The molecular formula is C27H35ClN2O4. The van der Waals surface area contributed by atoms with Crippen LogP contribution in [0.1, 0.15) is 76.8 Å². The topological polar surface area (TPSA) is 78.9 Å². The van der Waals surface area contributed by atoms with E-state index in [1.807, 2.05) is 12.3 Å². The van der Waals surface area contributed by atoms with Crippen LogP contribution in [0.2, 0.25) is 5.02 Å². The van der Waals surface area contributed by atoms with Gasteiger partial charge < -0.3 is 15.2 Å². The third kappa shape index (κ3) is 3.56. The maximum Gasteiger partial charge on any atom is 0.322 e. The third-order valence-electron chi connectivity index (χ3n) is 8.65. The second kappa shape index (κ2) is 7.72. The van der Waals surface area contributed by atoms with E-state index in [0.29, 0.717) is 19.3 Å². The van der Waals surface area contributed by atoms with Crippen molar-refractivity contribution < 1.29 is 19.4 Å². The standard InChI is InChI=1S/C27H35ClN2O4/c1-24(2,3)9-7-17-5-6-18(12-21(17)28)27-10-8-20(34-4)11-19(27)13-30(23(33)29-27)26-14-25(15-26,16-26)22(31)32/h5-6,12-13,20H,7-11,14-16H2,1-4H3,(H,29,33)(H,31,32)/t20?,25?,26?,27-/m0/s1. The molecule has 4 saturated carbocycles. The Kier molecular flexibility index (Phi) is 5.38. The van der Waals surface area contributed by atoms with Gasteiger partial charge in [-0.15, -0.1) is 0 Å². The van der Waals surface area contributed by atoms with Gasteiger partial charge in [0.25, 0.3) is 0 Å². The highest BCUT2D eigenvalue weighted by atomic mass is 35.5. The van der Waals surface area contributed by atoms with Crippen molar-refractivity contribution in [3.05, 3.63) is 46.1 Å². The van der Waals surface area contributed by atoms with Crippen molar-refractivity contribution in [2.75, 3.05) is 7.11 Å². The number of hydrogen-bond acceptors (Lipinski definition) is 3. The van der Waals surface area contributed by atoms with Crippen molar-refractivity contribution in [3.8, 4) is 0 Å². The smallest absolute Gasteiger partial charge is 0.322 e. The summed E-state index contributed by atoms with van der Waals surface area (Å²) in [6, 6.07) is 6.10. The lowest BCUT2D eigenvalue weighted by Gasteiger charge is -2.71. The summed E-state index contributed by atoms with van der Waals surface area (Å²) < 4.78 is 5.70. The number of hydrogen-bond donors (Lipinski definition) is 2. The molecule has 6 nitrogen and oxygen atoms in total. The molecule has 0 saturated heterocycles. The average molecular weight is 487 g/mol. The van der Waals surface area contributed by atoms with Crippen molar-refractivity contribution in [1.82, 2.24) is 10.2 Å². The van der Waals surface area contributed by atoms with Crippen LogP contribution in [-0.4, -0.2) is 40.8 Å². The minimum Gasteiger partial charge on any atom is -0.481 e. The molecule has 2 bridgehead atoms. The first-order valence-electron chi connectivity index (χ1n) is 12.3. The number of amides is 2. The molecule has 0 spiro atoms. The number of benzene rings is 1. The third-order valence-corrected chi connectivity index (χ3v) is 9.00. The van der Waals surface area contributed by atoms with Crippen LogP contribution >= 0.6 is 11.6 Å². The molecule has 1 aromatic rings.